The normalized spacial score (nSPS) is 10.3. The van der Waals surface area contributed by atoms with E-state index >= 15 is 0 Å². The number of nitrogens with zero attached hydrogens (tertiary/aromatic N) is 1. The lowest BCUT2D eigenvalue weighted by Crippen LogP contribution is -1.85. The van der Waals surface area contributed by atoms with Crippen molar-refractivity contribution >= 4 is 22.2 Å². The lowest BCUT2D eigenvalue weighted by atomic mass is 10.1. The molecular formula is C11H9BrN2O. The third-order valence-electron chi connectivity index (χ3n) is 2.26. The number of aromatic nitrogens is 2. The summed E-state index contributed by atoms with van der Waals surface area (Å²) in [6.45, 7) is 2.02. The van der Waals surface area contributed by atoms with E-state index < -0.39 is 0 Å². The van der Waals surface area contributed by atoms with Crippen LogP contribution < -0.4 is 0 Å². The number of benzene rings is 1. The summed E-state index contributed by atoms with van der Waals surface area (Å²) < 4.78 is 1.02. The number of carbonyl (C=O) groups excluding carboxylic acids is 1. The first-order valence-corrected chi connectivity index (χ1v) is 5.26. The van der Waals surface area contributed by atoms with E-state index in [4.69, 9.17) is 0 Å². The molecule has 0 aliphatic rings. The van der Waals surface area contributed by atoms with Crippen LogP contribution in [-0.2, 0) is 0 Å². The summed E-state index contributed by atoms with van der Waals surface area (Å²) in [5.74, 6) is 0. The highest BCUT2D eigenvalue weighted by atomic mass is 79.9. The van der Waals surface area contributed by atoms with E-state index in [1.807, 2.05) is 25.1 Å². The maximum atomic E-state index is 10.7. The number of aromatic amines is 1. The molecule has 1 heterocycles. The van der Waals surface area contributed by atoms with E-state index in [1.165, 1.54) is 6.20 Å². The molecular weight excluding hydrogens is 256 g/mol. The summed E-state index contributed by atoms with van der Waals surface area (Å²) in [6.07, 6.45) is 2.32. The molecule has 2 aromatic rings. The van der Waals surface area contributed by atoms with Gasteiger partial charge in [0.15, 0.2) is 6.29 Å². The SMILES string of the molecule is Cc1ccc(-c2[nH]ncc2C=O)cc1Br. The van der Waals surface area contributed by atoms with E-state index in [-0.39, 0.29) is 0 Å². The Kier molecular flexibility index (Phi) is 2.68. The van der Waals surface area contributed by atoms with Gasteiger partial charge in [-0.25, -0.2) is 0 Å². The number of hydrogen-bond acceptors (Lipinski definition) is 2. The Balaban J connectivity index is 2.54. The molecule has 1 aromatic carbocycles. The second-order valence-electron chi connectivity index (χ2n) is 3.28. The molecule has 0 aliphatic carbocycles. The van der Waals surface area contributed by atoms with Crippen LogP contribution in [0.25, 0.3) is 11.3 Å². The first-order valence-electron chi connectivity index (χ1n) is 4.47. The first-order chi connectivity index (χ1) is 7.22. The lowest BCUT2D eigenvalue weighted by molar-refractivity contribution is 0.112. The molecule has 15 heavy (non-hydrogen) atoms. The lowest BCUT2D eigenvalue weighted by Gasteiger charge is -2.02. The minimum absolute atomic E-state index is 0.575. The monoisotopic (exact) mass is 264 g/mol. The molecule has 0 bridgehead atoms. The molecule has 0 spiro atoms. The second kappa shape index (κ2) is 3.98. The summed E-state index contributed by atoms with van der Waals surface area (Å²) >= 11 is 3.46. The molecule has 0 radical (unpaired) electrons. The highest BCUT2D eigenvalue weighted by Gasteiger charge is 2.07. The Labute approximate surface area is 95.6 Å². The zero-order valence-corrected chi connectivity index (χ0v) is 9.71. The second-order valence-corrected chi connectivity index (χ2v) is 4.14. The molecule has 0 atom stereocenters. The Morgan fingerprint density at radius 1 is 1.47 bits per heavy atom. The molecule has 0 saturated heterocycles. The number of H-pyrrole nitrogens is 1. The van der Waals surface area contributed by atoms with Gasteiger partial charge >= 0.3 is 0 Å². The van der Waals surface area contributed by atoms with Gasteiger partial charge in [-0.2, -0.15) is 5.10 Å². The first kappa shape index (κ1) is 10.1. The van der Waals surface area contributed by atoms with Gasteiger partial charge in [0, 0.05) is 10.0 Å². The molecule has 1 N–H and O–H groups in total. The number of rotatable bonds is 2. The minimum Gasteiger partial charge on any atom is -0.298 e. The Bertz CT molecular complexity index is 505. The van der Waals surface area contributed by atoms with Crippen LogP contribution in [0.3, 0.4) is 0 Å². The van der Waals surface area contributed by atoms with Crippen LogP contribution in [-0.4, -0.2) is 16.5 Å². The van der Waals surface area contributed by atoms with E-state index in [9.17, 15) is 4.79 Å². The standard InChI is InChI=1S/C11H9BrN2O/c1-7-2-3-8(4-10(7)12)11-9(6-15)5-13-14-11/h2-6H,1H3,(H,13,14). The van der Waals surface area contributed by atoms with E-state index in [1.54, 1.807) is 0 Å². The zero-order valence-electron chi connectivity index (χ0n) is 8.12. The molecule has 0 amide bonds. The van der Waals surface area contributed by atoms with Gasteiger partial charge < -0.3 is 0 Å². The average molecular weight is 265 g/mol. The molecule has 2 rings (SSSR count). The van der Waals surface area contributed by atoms with Crippen LogP contribution >= 0.6 is 15.9 Å². The van der Waals surface area contributed by atoms with Crippen molar-refractivity contribution in [2.24, 2.45) is 0 Å². The van der Waals surface area contributed by atoms with Gasteiger partial charge in [-0.05, 0) is 18.6 Å². The summed E-state index contributed by atoms with van der Waals surface area (Å²) in [4.78, 5) is 10.7. The zero-order chi connectivity index (χ0) is 10.8. The largest absolute Gasteiger partial charge is 0.298 e. The van der Waals surface area contributed by atoms with Crippen molar-refractivity contribution in [2.75, 3.05) is 0 Å². The van der Waals surface area contributed by atoms with Crippen molar-refractivity contribution in [1.82, 2.24) is 10.2 Å². The minimum atomic E-state index is 0.575. The molecule has 0 fully saturated rings. The van der Waals surface area contributed by atoms with Gasteiger partial charge in [0.25, 0.3) is 0 Å². The number of aldehydes is 1. The van der Waals surface area contributed by atoms with E-state index in [0.717, 1.165) is 27.6 Å². The van der Waals surface area contributed by atoms with Crippen molar-refractivity contribution in [2.45, 2.75) is 6.92 Å². The average Bonchev–Trinajstić information content (AvgIpc) is 2.70. The van der Waals surface area contributed by atoms with Gasteiger partial charge in [0.1, 0.15) is 0 Å². The highest BCUT2D eigenvalue weighted by Crippen LogP contribution is 2.25. The molecule has 76 valence electrons. The van der Waals surface area contributed by atoms with Crippen molar-refractivity contribution in [3.63, 3.8) is 0 Å². The van der Waals surface area contributed by atoms with Crippen LogP contribution in [0.2, 0.25) is 0 Å². The summed E-state index contributed by atoms with van der Waals surface area (Å²) in [5.41, 5.74) is 3.44. The number of carbonyl (C=O) groups is 1. The molecule has 1 aromatic heterocycles. The highest BCUT2D eigenvalue weighted by molar-refractivity contribution is 9.10. The predicted molar refractivity (Wildman–Crippen MR) is 61.8 cm³/mol. The Morgan fingerprint density at radius 2 is 2.27 bits per heavy atom. The van der Waals surface area contributed by atoms with Crippen molar-refractivity contribution < 1.29 is 4.79 Å². The van der Waals surface area contributed by atoms with Crippen LogP contribution in [0.1, 0.15) is 15.9 Å². The number of aryl methyl sites for hydroxylation is 1. The van der Waals surface area contributed by atoms with Crippen molar-refractivity contribution in [3.8, 4) is 11.3 Å². The maximum absolute atomic E-state index is 10.7. The van der Waals surface area contributed by atoms with Crippen LogP contribution in [0.4, 0.5) is 0 Å². The summed E-state index contributed by atoms with van der Waals surface area (Å²) in [7, 11) is 0. The van der Waals surface area contributed by atoms with Crippen LogP contribution in [0, 0.1) is 6.92 Å². The fraction of sp³-hybridized carbons (Fsp3) is 0.0909. The third kappa shape index (κ3) is 1.85. The van der Waals surface area contributed by atoms with Crippen molar-refractivity contribution in [1.29, 1.82) is 0 Å². The van der Waals surface area contributed by atoms with Crippen molar-refractivity contribution in [3.05, 3.63) is 40.0 Å². The quantitative estimate of drug-likeness (QED) is 0.848. The smallest absolute Gasteiger partial charge is 0.153 e. The van der Waals surface area contributed by atoms with Gasteiger partial charge in [-0.1, -0.05) is 28.1 Å². The predicted octanol–water partition coefficient (Wildman–Crippen LogP) is 2.96. The fourth-order valence-electron chi connectivity index (χ4n) is 1.36. The fourth-order valence-corrected chi connectivity index (χ4v) is 1.74. The Hall–Kier alpha value is -1.42. The third-order valence-corrected chi connectivity index (χ3v) is 3.11. The van der Waals surface area contributed by atoms with E-state index in [2.05, 4.69) is 26.1 Å². The van der Waals surface area contributed by atoms with Gasteiger partial charge in [0.05, 0.1) is 17.5 Å². The van der Waals surface area contributed by atoms with Crippen LogP contribution in [0.15, 0.2) is 28.9 Å². The Morgan fingerprint density at radius 3 is 2.93 bits per heavy atom. The molecule has 0 saturated carbocycles. The summed E-state index contributed by atoms with van der Waals surface area (Å²) in [6, 6.07) is 5.92. The molecule has 0 unspecified atom stereocenters. The van der Waals surface area contributed by atoms with Gasteiger partial charge in [-0.3, -0.25) is 9.89 Å². The van der Waals surface area contributed by atoms with E-state index in [0.29, 0.717) is 5.56 Å². The number of nitrogens with one attached hydrogen (secondary N) is 1. The van der Waals surface area contributed by atoms with Gasteiger partial charge in [0.2, 0.25) is 0 Å². The molecule has 3 nitrogen and oxygen atoms in total. The summed E-state index contributed by atoms with van der Waals surface area (Å²) in [5, 5.41) is 6.67. The van der Waals surface area contributed by atoms with Crippen LogP contribution in [0.5, 0.6) is 0 Å². The van der Waals surface area contributed by atoms with Gasteiger partial charge in [-0.15, -0.1) is 0 Å². The number of halogens is 1. The maximum Gasteiger partial charge on any atom is 0.153 e. The molecule has 0 aliphatic heterocycles. The molecule has 4 heteroatoms. The number of hydrogen-bond donors (Lipinski definition) is 1. The topological polar surface area (TPSA) is 45.8 Å².